The Kier molecular flexibility index (Phi) is 4.82. The highest BCUT2D eigenvalue weighted by Crippen LogP contribution is 2.64. The minimum atomic E-state index is -3.52. The molecule has 3 aliphatic rings. The van der Waals surface area contributed by atoms with Crippen LogP contribution in [0.5, 0.6) is 0 Å². The molecule has 2 aromatic heterocycles. The zero-order chi connectivity index (χ0) is 21.9. The second-order valence-electron chi connectivity index (χ2n) is 9.79. The number of Topliss-reactive ketones (excluding diaryl/α,β-unsaturated/α-hetero) is 1. The van der Waals surface area contributed by atoms with Gasteiger partial charge in [0, 0.05) is 48.8 Å². The highest BCUT2D eigenvalue weighted by atomic mass is 32.2. The molecule has 1 aliphatic heterocycles. The molecule has 31 heavy (non-hydrogen) atoms. The summed E-state index contributed by atoms with van der Waals surface area (Å²) in [7, 11) is -3.52. The lowest BCUT2D eigenvalue weighted by molar-refractivity contribution is -0.128. The fraction of sp³-hybridized carbons (Fsp3) is 0.636. The molecule has 0 amide bonds. The van der Waals surface area contributed by atoms with Crippen LogP contribution in [0, 0.1) is 16.7 Å². The summed E-state index contributed by atoms with van der Waals surface area (Å²) in [5.41, 5.74) is -0.184. The first-order chi connectivity index (χ1) is 14.7. The number of pyridine rings is 1. The molecule has 8 nitrogen and oxygen atoms in total. The summed E-state index contributed by atoms with van der Waals surface area (Å²) in [6.07, 6.45) is 6.79. The van der Waals surface area contributed by atoms with Crippen LogP contribution in [-0.2, 0) is 14.8 Å². The van der Waals surface area contributed by atoms with E-state index in [9.17, 15) is 13.2 Å². The van der Waals surface area contributed by atoms with E-state index in [0.717, 1.165) is 12.0 Å². The van der Waals surface area contributed by atoms with Gasteiger partial charge in [-0.15, -0.1) is 0 Å². The number of ketones is 1. The summed E-state index contributed by atoms with van der Waals surface area (Å²) in [6, 6.07) is 3.69. The van der Waals surface area contributed by atoms with E-state index in [1.165, 1.54) is 0 Å². The van der Waals surface area contributed by atoms with Gasteiger partial charge in [0.2, 0.25) is 21.7 Å². The first kappa shape index (κ1) is 20.8. The molecule has 2 unspecified atom stereocenters. The van der Waals surface area contributed by atoms with Gasteiger partial charge >= 0.3 is 0 Å². The second kappa shape index (κ2) is 7.20. The normalized spacial score (nSPS) is 29.0. The van der Waals surface area contributed by atoms with Gasteiger partial charge in [0.05, 0.1) is 5.75 Å². The number of piperidine rings is 1. The van der Waals surface area contributed by atoms with E-state index >= 15 is 0 Å². The Labute approximate surface area is 182 Å². The summed E-state index contributed by atoms with van der Waals surface area (Å²) < 4.78 is 33.6. The molecule has 5 rings (SSSR count). The Morgan fingerprint density at radius 2 is 2.00 bits per heavy atom. The summed E-state index contributed by atoms with van der Waals surface area (Å²) in [5, 5.41) is 4.05. The monoisotopic (exact) mass is 444 g/mol. The van der Waals surface area contributed by atoms with E-state index in [-0.39, 0.29) is 22.9 Å². The van der Waals surface area contributed by atoms with Crippen molar-refractivity contribution in [3.63, 3.8) is 0 Å². The van der Waals surface area contributed by atoms with Crippen molar-refractivity contribution >= 4 is 15.8 Å². The highest BCUT2D eigenvalue weighted by molar-refractivity contribution is 7.89. The first-order valence-electron chi connectivity index (χ1n) is 11.0. The van der Waals surface area contributed by atoms with E-state index in [0.29, 0.717) is 56.4 Å². The lowest BCUT2D eigenvalue weighted by Gasteiger charge is -2.38. The van der Waals surface area contributed by atoms with Gasteiger partial charge in [-0.2, -0.15) is 4.98 Å². The lowest BCUT2D eigenvalue weighted by Crippen LogP contribution is -2.48. The maximum absolute atomic E-state index is 13.3. The zero-order valence-electron chi connectivity index (χ0n) is 18.0. The summed E-state index contributed by atoms with van der Waals surface area (Å²) in [5.74, 6) is 1.46. The van der Waals surface area contributed by atoms with Crippen LogP contribution >= 0.6 is 0 Å². The molecule has 0 spiro atoms. The van der Waals surface area contributed by atoms with E-state index in [1.54, 1.807) is 16.7 Å². The minimum Gasteiger partial charge on any atom is -0.339 e. The Hall–Kier alpha value is -2.13. The second-order valence-corrected chi connectivity index (χ2v) is 11.8. The predicted molar refractivity (Wildman–Crippen MR) is 113 cm³/mol. The number of hydrogen-bond donors (Lipinski definition) is 0. The predicted octanol–water partition coefficient (Wildman–Crippen LogP) is 3.04. The van der Waals surface area contributed by atoms with E-state index < -0.39 is 15.4 Å². The summed E-state index contributed by atoms with van der Waals surface area (Å²) in [6.45, 7) is 4.97. The van der Waals surface area contributed by atoms with Crippen molar-refractivity contribution in [2.75, 3.05) is 18.8 Å². The highest BCUT2D eigenvalue weighted by Gasteiger charge is 2.65. The van der Waals surface area contributed by atoms with Gasteiger partial charge in [-0.3, -0.25) is 9.78 Å². The number of hydrogen-bond acceptors (Lipinski definition) is 7. The van der Waals surface area contributed by atoms with Gasteiger partial charge in [-0.25, -0.2) is 12.7 Å². The Morgan fingerprint density at radius 3 is 2.61 bits per heavy atom. The van der Waals surface area contributed by atoms with Crippen molar-refractivity contribution in [1.29, 1.82) is 0 Å². The minimum absolute atomic E-state index is 0.0305. The third-order valence-electron chi connectivity index (χ3n) is 8.13. The van der Waals surface area contributed by atoms with Crippen molar-refractivity contribution < 1.29 is 17.7 Å². The Bertz CT molecular complexity index is 1090. The third kappa shape index (κ3) is 3.24. The lowest BCUT2D eigenvalue weighted by atomic mass is 9.70. The fourth-order valence-electron chi connectivity index (χ4n) is 5.91. The molecule has 2 atom stereocenters. The Morgan fingerprint density at radius 1 is 1.23 bits per heavy atom. The zero-order valence-corrected chi connectivity index (χ0v) is 18.8. The van der Waals surface area contributed by atoms with Crippen LogP contribution < -0.4 is 0 Å². The molecular formula is C22H28N4O4S. The standard InChI is InChI=1S/C22H28N4O4S/c1-21(2)17-5-8-22(21,18(27)12-17)14-31(28,29)26-10-6-15(7-11-26)20-24-19(25-30-20)16-4-3-9-23-13-16/h3-4,9,13,15,17H,5-8,10-12,14H2,1-2H3. The maximum Gasteiger partial charge on any atom is 0.230 e. The van der Waals surface area contributed by atoms with Crippen LogP contribution in [0.4, 0.5) is 0 Å². The van der Waals surface area contributed by atoms with E-state index in [1.807, 2.05) is 12.1 Å². The molecule has 2 bridgehead atoms. The summed E-state index contributed by atoms with van der Waals surface area (Å²) >= 11 is 0. The number of nitrogens with zero attached hydrogens (tertiary/aromatic N) is 4. The van der Waals surface area contributed by atoms with Crippen LogP contribution in [-0.4, -0.2) is 52.5 Å². The smallest absolute Gasteiger partial charge is 0.230 e. The quantitative estimate of drug-likeness (QED) is 0.698. The van der Waals surface area contributed by atoms with Crippen LogP contribution in [0.25, 0.3) is 11.4 Å². The summed E-state index contributed by atoms with van der Waals surface area (Å²) in [4.78, 5) is 21.4. The number of fused-ring (bicyclic) bond motifs is 2. The van der Waals surface area contributed by atoms with Crippen LogP contribution in [0.1, 0.15) is 57.8 Å². The topological polar surface area (TPSA) is 106 Å². The van der Waals surface area contributed by atoms with E-state index in [2.05, 4.69) is 29.0 Å². The van der Waals surface area contributed by atoms with Crippen molar-refractivity contribution in [3.8, 4) is 11.4 Å². The van der Waals surface area contributed by atoms with Gasteiger partial charge < -0.3 is 4.52 Å². The average Bonchev–Trinajstić information content (AvgIpc) is 3.38. The van der Waals surface area contributed by atoms with Crippen LogP contribution in [0.3, 0.4) is 0 Å². The van der Waals surface area contributed by atoms with Crippen molar-refractivity contribution in [1.82, 2.24) is 19.4 Å². The van der Waals surface area contributed by atoms with Gasteiger partial charge in [0.1, 0.15) is 5.78 Å². The molecule has 1 saturated heterocycles. The molecule has 0 radical (unpaired) electrons. The van der Waals surface area contributed by atoms with Gasteiger partial charge in [0.15, 0.2) is 0 Å². The number of aromatic nitrogens is 3. The molecule has 2 aliphatic carbocycles. The average molecular weight is 445 g/mol. The van der Waals surface area contributed by atoms with Gasteiger partial charge in [-0.05, 0) is 49.1 Å². The first-order valence-corrected chi connectivity index (χ1v) is 12.6. The van der Waals surface area contributed by atoms with Crippen molar-refractivity contribution in [2.24, 2.45) is 16.7 Å². The van der Waals surface area contributed by atoms with Gasteiger partial charge in [0.25, 0.3) is 0 Å². The maximum atomic E-state index is 13.3. The number of rotatable bonds is 5. The van der Waals surface area contributed by atoms with Crippen LogP contribution in [0.2, 0.25) is 0 Å². The van der Waals surface area contributed by atoms with Crippen molar-refractivity contribution in [2.45, 2.75) is 51.9 Å². The molecule has 2 aromatic rings. The molecular weight excluding hydrogens is 416 g/mol. The fourth-order valence-corrected chi connectivity index (χ4v) is 8.15. The molecule has 3 heterocycles. The SMILES string of the molecule is CC1(C)C2CCC1(CS(=O)(=O)N1CCC(c3nc(-c4cccnc4)no3)CC1)C(=O)C2. The van der Waals surface area contributed by atoms with Gasteiger partial charge in [-0.1, -0.05) is 19.0 Å². The molecule has 3 fully saturated rings. The Balaban J connectivity index is 1.26. The molecule has 9 heteroatoms. The van der Waals surface area contributed by atoms with Crippen LogP contribution in [0.15, 0.2) is 29.0 Å². The molecule has 166 valence electrons. The van der Waals surface area contributed by atoms with E-state index in [4.69, 9.17) is 4.52 Å². The largest absolute Gasteiger partial charge is 0.339 e. The number of carbonyl (C=O) groups excluding carboxylic acids is 1. The number of sulfonamides is 1. The van der Waals surface area contributed by atoms with Crippen molar-refractivity contribution in [3.05, 3.63) is 30.4 Å². The molecule has 2 saturated carbocycles. The third-order valence-corrected chi connectivity index (χ3v) is 10.1. The number of carbonyl (C=O) groups is 1. The molecule has 0 aromatic carbocycles. The molecule has 0 N–H and O–H groups in total.